The standard InChI is InChI=1S/C32H46N2O3/c1-18-5-8-23-27(15-18)33-29(34-30(23)37)12-6-19(2)24-10-11-25-22-9-7-20-16-21(35)13-14-31(20,3)26(22)17-28(36)32(24,25)4/h5,8,15,19-22,24-26,28,35-36H,6-7,9-14,16-17H2,1-4H3,(H,33,34,37)/t19-,20-,21-,22+,24-,25+,26?,28+,31+,32-/m1/s1. The monoisotopic (exact) mass is 506 g/mol. The molecule has 0 amide bonds. The molecule has 10 atom stereocenters. The Morgan fingerprint density at radius 2 is 1.89 bits per heavy atom. The summed E-state index contributed by atoms with van der Waals surface area (Å²) in [6.07, 6.45) is 10.3. The van der Waals surface area contributed by atoms with Crippen molar-refractivity contribution in [1.29, 1.82) is 0 Å². The van der Waals surface area contributed by atoms with E-state index in [1.54, 1.807) is 0 Å². The molecule has 5 heteroatoms. The summed E-state index contributed by atoms with van der Waals surface area (Å²) < 4.78 is 0. The second-order valence-electron chi connectivity index (χ2n) is 13.9. The summed E-state index contributed by atoms with van der Waals surface area (Å²) in [7, 11) is 0. The summed E-state index contributed by atoms with van der Waals surface area (Å²) in [4.78, 5) is 20.4. The normalized spacial score (nSPS) is 42.2. The van der Waals surface area contributed by atoms with Gasteiger partial charge < -0.3 is 15.2 Å². The molecule has 1 aromatic carbocycles. The average Bonchev–Trinajstić information content (AvgIpc) is 3.22. The molecule has 0 saturated heterocycles. The van der Waals surface area contributed by atoms with Crippen LogP contribution in [0.4, 0.5) is 0 Å². The Labute approximate surface area is 221 Å². The molecule has 0 bridgehead atoms. The van der Waals surface area contributed by atoms with Crippen LogP contribution in [0.2, 0.25) is 0 Å². The Hall–Kier alpha value is -1.72. The Morgan fingerprint density at radius 1 is 1.08 bits per heavy atom. The van der Waals surface area contributed by atoms with Crippen molar-refractivity contribution in [3.05, 3.63) is 39.9 Å². The van der Waals surface area contributed by atoms with Gasteiger partial charge in [-0.15, -0.1) is 0 Å². The highest BCUT2D eigenvalue weighted by Crippen LogP contribution is 2.68. The fraction of sp³-hybridized carbons (Fsp3) is 0.750. The number of hydrogen-bond acceptors (Lipinski definition) is 4. The zero-order valence-electron chi connectivity index (χ0n) is 23.2. The molecule has 1 heterocycles. The van der Waals surface area contributed by atoms with Crippen LogP contribution in [0.15, 0.2) is 23.0 Å². The molecule has 0 spiro atoms. The lowest BCUT2D eigenvalue weighted by atomic mass is 9.43. The van der Waals surface area contributed by atoms with E-state index in [-0.39, 0.29) is 28.6 Å². The van der Waals surface area contributed by atoms with Gasteiger partial charge >= 0.3 is 0 Å². The number of aromatic amines is 1. The first-order valence-corrected chi connectivity index (χ1v) is 15.0. The highest BCUT2D eigenvalue weighted by Gasteiger charge is 2.63. The van der Waals surface area contributed by atoms with Crippen molar-refractivity contribution in [3.63, 3.8) is 0 Å². The smallest absolute Gasteiger partial charge is 0.258 e. The lowest BCUT2D eigenvalue weighted by Crippen LogP contribution is -2.58. The molecular formula is C32H46N2O3. The van der Waals surface area contributed by atoms with Gasteiger partial charge in [0.15, 0.2) is 0 Å². The number of fused-ring (bicyclic) bond motifs is 6. The Balaban J connectivity index is 1.19. The number of nitrogens with zero attached hydrogens (tertiary/aromatic N) is 1. The van der Waals surface area contributed by atoms with Gasteiger partial charge in [0, 0.05) is 6.42 Å². The van der Waals surface area contributed by atoms with E-state index in [9.17, 15) is 15.0 Å². The van der Waals surface area contributed by atoms with Crippen molar-refractivity contribution in [2.45, 2.75) is 104 Å². The Morgan fingerprint density at radius 3 is 2.70 bits per heavy atom. The topological polar surface area (TPSA) is 86.2 Å². The third-order valence-corrected chi connectivity index (χ3v) is 12.3. The summed E-state index contributed by atoms with van der Waals surface area (Å²) in [6, 6.07) is 5.82. The summed E-state index contributed by atoms with van der Waals surface area (Å²) >= 11 is 0. The maximum atomic E-state index is 12.6. The minimum absolute atomic E-state index is 0.0285. The molecule has 4 saturated carbocycles. The number of aromatic nitrogens is 2. The van der Waals surface area contributed by atoms with Crippen LogP contribution < -0.4 is 5.56 Å². The first kappa shape index (κ1) is 25.6. The lowest BCUT2D eigenvalue weighted by Gasteiger charge is -2.62. The summed E-state index contributed by atoms with van der Waals surface area (Å²) in [6.45, 7) is 9.29. The predicted molar refractivity (Wildman–Crippen MR) is 147 cm³/mol. The highest BCUT2D eigenvalue weighted by atomic mass is 16.3. The molecule has 3 N–H and O–H groups in total. The van der Waals surface area contributed by atoms with E-state index in [0.717, 1.165) is 55.4 Å². The molecule has 1 aromatic heterocycles. The van der Waals surface area contributed by atoms with Crippen molar-refractivity contribution in [3.8, 4) is 0 Å². The molecule has 4 aliphatic carbocycles. The van der Waals surface area contributed by atoms with Crippen LogP contribution in [-0.2, 0) is 6.42 Å². The zero-order valence-corrected chi connectivity index (χ0v) is 23.2. The van der Waals surface area contributed by atoms with Crippen LogP contribution in [0.1, 0.15) is 89.9 Å². The number of nitrogens with one attached hydrogen (secondary N) is 1. The molecular weight excluding hydrogens is 460 g/mol. The maximum Gasteiger partial charge on any atom is 0.258 e. The van der Waals surface area contributed by atoms with Gasteiger partial charge in [-0.25, -0.2) is 4.98 Å². The molecule has 5 nitrogen and oxygen atoms in total. The predicted octanol–water partition coefficient (Wildman–Crippen LogP) is 5.79. The van der Waals surface area contributed by atoms with E-state index in [1.165, 1.54) is 25.7 Å². The van der Waals surface area contributed by atoms with Crippen LogP contribution >= 0.6 is 0 Å². The van der Waals surface area contributed by atoms with Crippen LogP contribution in [0.25, 0.3) is 10.9 Å². The van der Waals surface area contributed by atoms with E-state index < -0.39 is 0 Å². The second kappa shape index (κ2) is 9.19. The largest absolute Gasteiger partial charge is 0.393 e. The number of benzene rings is 1. The quantitative estimate of drug-likeness (QED) is 0.490. The van der Waals surface area contributed by atoms with Crippen molar-refractivity contribution >= 4 is 10.9 Å². The van der Waals surface area contributed by atoms with Crippen LogP contribution in [0.3, 0.4) is 0 Å². The molecule has 202 valence electrons. The highest BCUT2D eigenvalue weighted by molar-refractivity contribution is 5.78. The minimum Gasteiger partial charge on any atom is -0.393 e. The number of aryl methyl sites for hydroxylation is 2. The second-order valence-corrected chi connectivity index (χ2v) is 13.9. The third-order valence-electron chi connectivity index (χ3n) is 12.3. The van der Waals surface area contributed by atoms with E-state index >= 15 is 0 Å². The average molecular weight is 507 g/mol. The number of aliphatic hydroxyl groups is 2. The van der Waals surface area contributed by atoms with Gasteiger partial charge in [-0.05, 0) is 129 Å². The fourth-order valence-corrected chi connectivity index (χ4v) is 10.1. The van der Waals surface area contributed by atoms with E-state index in [2.05, 4.69) is 25.8 Å². The summed E-state index contributed by atoms with van der Waals surface area (Å²) in [5.74, 6) is 4.27. The van der Waals surface area contributed by atoms with E-state index in [1.807, 2.05) is 25.1 Å². The van der Waals surface area contributed by atoms with Gasteiger partial charge in [0.2, 0.25) is 0 Å². The van der Waals surface area contributed by atoms with Crippen molar-refractivity contribution in [2.75, 3.05) is 0 Å². The maximum absolute atomic E-state index is 12.6. The van der Waals surface area contributed by atoms with Gasteiger partial charge in [0.05, 0.1) is 23.1 Å². The van der Waals surface area contributed by atoms with Gasteiger partial charge in [0.25, 0.3) is 5.56 Å². The van der Waals surface area contributed by atoms with Gasteiger partial charge in [-0.2, -0.15) is 0 Å². The molecule has 37 heavy (non-hydrogen) atoms. The minimum atomic E-state index is -0.252. The number of H-pyrrole nitrogens is 1. The van der Waals surface area contributed by atoms with Crippen LogP contribution in [-0.4, -0.2) is 32.4 Å². The zero-order chi connectivity index (χ0) is 26.1. The van der Waals surface area contributed by atoms with Gasteiger partial charge in [-0.3, -0.25) is 4.79 Å². The first-order chi connectivity index (χ1) is 17.6. The summed E-state index contributed by atoms with van der Waals surface area (Å²) in [5, 5.41) is 22.8. The van der Waals surface area contributed by atoms with E-state index in [4.69, 9.17) is 4.98 Å². The van der Waals surface area contributed by atoms with Gasteiger partial charge in [0.1, 0.15) is 5.82 Å². The number of hydrogen-bond donors (Lipinski definition) is 3. The molecule has 4 aliphatic rings. The van der Waals surface area contributed by atoms with Crippen LogP contribution in [0, 0.1) is 53.3 Å². The number of rotatable bonds is 4. The fourth-order valence-electron chi connectivity index (χ4n) is 10.1. The van der Waals surface area contributed by atoms with Crippen LogP contribution in [0.5, 0.6) is 0 Å². The van der Waals surface area contributed by atoms with Crippen molar-refractivity contribution in [2.24, 2.45) is 46.3 Å². The molecule has 0 aliphatic heterocycles. The summed E-state index contributed by atoms with van der Waals surface area (Å²) in [5.41, 5.74) is 2.10. The Kier molecular flexibility index (Phi) is 6.35. The molecule has 1 unspecified atom stereocenters. The van der Waals surface area contributed by atoms with Crippen molar-refractivity contribution in [1.82, 2.24) is 9.97 Å². The molecule has 0 radical (unpaired) electrons. The Bertz CT molecular complexity index is 1220. The van der Waals surface area contributed by atoms with Gasteiger partial charge in [-0.1, -0.05) is 26.8 Å². The van der Waals surface area contributed by atoms with E-state index in [0.29, 0.717) is 40.9 Å². The molecule has 4 fully saturated rings. The number of aliphatic hydroxyl groups excluding tert-OH is 2. The third kappa shape index (κ3) is 4.02. The first-order valence-electron chi connectivity index (χ1n) is 15.0. The SMILES string of the molecule is Cc1ccc2c(=O)[nH]c(CC[C@@H](C)[C@H]3CC[C@H]4[C@@H]5CC[C@@H]6C[C@H](O)CC[C@]6(C)C5C[C@H](O)[C@]34C)nc2c1. The molecule has 2 aromatic rings. The molecule has 6 rings (SSSR count). The lowest BCUT2D eigenvalue weighted by molar-refractivity contribution is -0.174. The van der Waals surface area contributed by atoms with Crippen molar-refractivity contribution < 1.29 is 10.2 Å².